The van der Waals surface area contributed by atoms with Gasteiger partial charge in [-0.05, 0) is 18.9 Å². The second-order valence-electron chi connectivity index (χ2n) is 4.03. The molecule has 0 saturated carbocycles. The van der Waals surface area contributed by atoms with Crippen LogP contribution in [0.5, 0.6) is 0 Å². The first kappa shape index (κ1) is 14.1. The predicted octanol–water partition coefficient (Wildman–Crippen LogP) is 2.84. The van der Waals surface area contributed by atoms with E-state index in [1.165, 1.54) is 0 Å². The second-order valence-corrected chi connectivity index (χ2v) is 4.03. The Hall–Kier alpha value is -1.00. The molecule has 0 amide bonds. The minimum absolute atomic E-state index is 0.0553. The van der Waals surface area contributed by atoms with Gasteiger partial charge in [-0.2, -0.15) is 0 Å². The molecule has 0 spiro atoms. The van der Waals surface area contributed by atoms with Crippen LogP contribution in [0.25, 0.3) is 0 Å². The van der Waals surface area contributed by atoms with Crippen molar-refractivity contribution in [1.82, 2.24) is 5.32 Å². The van der Waals surface area contributed by atoms with Crippen molar-refractivity contribution < 1.29 is 13.5 Å². The standard InChI is InChI=1S/C13H19F2NO/c1-11(16-9-13(14)15)7-8-17-10-12-5-3-2-4-6-12/h2-6,11,13,16H,7-10H2,1H3. The zero-order chi connectivity index (χ0) is 12.5. The summed E-state index contributed by atoms with van der Waals surface area (Å²) in [6.07, 6.45) is -1.55. The molecular formula is C13H19F2NO. The average Bonchev–Trinajstić information content (AvgIpc) is 2.33. The molecule has 0 heterocycles. The Morgan fingerprint density at radius 2 is 1.94 bits per heavy atom. The molecule has 1 rings (SSSR count). The van der Waals surface area contributed by atoms with Gasteiger partial charge in [-0.1, -0.05) is 30.3 Å². The van der Waals surface area contributed by atoms with Gasteiger partial charge in [-0.3, -0.25) is 0 Å². The summed E-state index contributed by atoms with van der Waals surface area (Å²) in [6.45, 7) is 2.78. The molecule has 1 atom stereocenters. The monoisotopic (exact) mass is 243 g/mol. The summed E-state index contributed by atoms with van der Waals surface area (Å²) in [5.41, 5.74) is 1.13. The van der Waals surface area contributed by atoms with Crippen LogP contribution in [0.2, 0.25) is 0 Å². The van der Waals surface area contributed by atoms with E-state index in [1.807, 2.05) is 37.3 Å². The molecule has 1 unspecified atom stereocenters. The third-order valence-corrected chi connectivity index (χ3v) is 2.43. The van der Waals surface area contributed by atoms with Crippen molar-refractivity contribution in [3.8, 4) is 0 Å². The van der Waals surface area contributed by atoms with Crippen LogP contribution in [-0.4, -0.2) is 25.6 Å². The number of ether oxygens (including phenoxy) is 1. The Labute approximate surface area is 101 Å². The Kier molecular flexibility index (Phi) is 6.74. The Morgan fingerprint density at radius 1 is 1.24 bits per heavy atom. The van der Waals surface area contributed by atoms with Crippen LogP contribution in [0.3, 0.4) is 0 Å². The second kappa shape index (κ2) is 8.14. The molecule has 4 heteroatoms. The number of benzene rings is 1. The van der Waals surface area contributed by atoms with Crippen LogP contribution in [0.1, 0.15) is 18.9 Å². The molecule has 96 valence electrons. The molecule has 0 aliphatic rings. The smallest absolute Gasteiger partial charge is 0.250 e. The molecule has 0 fully saturated rings. The van der Waals surface area contributed by atoms with Crippen molar-refractivity contribution in [2.24, 2.45) is 0 Å². The van der Waals surface area contributed by atoms with Crippen molar-refractivity contribution in [1.29, 1.82) is 0 Å². The van der Waals surface area contributed by atoms with Crippen LogP contribution in [0.4, 0.5) is 8.78 Å². The van der Waals surface area contributed by atoms with E-state index in [1.54, 1.807) is 0 Å². The van der Waals surface area contributed by atoms with Gasteiger partial charge in [0.25, 0.3) is 6.43 Å². The highest BCUT2D eigenvalue weighted by Gasteiger charge is 2.06. The zero-order valence-corrected chi connectivity index (χ0v) is 10.0. The molecule has 0 radical (unpaired) electrons. The van der Waals surface area contributed by atoms with Crippen molar-refractivity contribution in [2.75, 3.05) is 13.2 Å². The summed E-state index contributed by atoms with van der Waals surface area (Å²) < 4.78 is 29.3. The Balaban J connectivity index is 2.04. The summed E-state index contributed by atoms with van der Waals surface area (Å²) in [5, 5.41) is 2.75. The lowest BCUT2D eigenvalue weighted by molar-refractivity contribution is 0.106. The Bertz CT molecular complexity index is 293. The lowest BCUT2D eigenvalue weighted by Crippen LogP contribution is -2.31. The van der Waals surface area contributed by atoms with E-state index in [0.29, 0.717) is 13.2 Å². The van der Waals surface area contributed by atoms with Gasteiger partial charge in [-0.25, -0.2) is 8.78 Å². The van der Waals surface area contributed by atoms with E-state index in [9.17, 15) is 8.78 Å². The van der Waals surface area contributed by atoms with E-state index in [-0.39, 0.29) is 12.6 Å². The number of nitrogens with one attached hydrogen (secondary N) is 1. The lowest BCUT2D eigenvalue weighted by atomic mass is 10.2. The molecule has 0 aromatic heterocycles. The van der Waals surface area contributed by atoms with E-state index in [0.717, 1.165) is 12.0 Å². The molecule has 0 aliphatic heterocycles. The van der Waals surface area contributed by atoms with Crippen molar-refractivity contribution in [3.63, 3.8) is 0 Å². The van der Waals surface area contributed by atoms with Crippen molar-refractivity contribution >= 4 is 0 Å². The predicted molar refractivity (Wildman–Crippen MR) is 64.2 cm³/mol. The van der Waals surface area contributed by atoms with E-state index >= 15 is 0 Å². The van der Waals surface area contributed by atoms with Gasteiger partial charge in [0, 0.05) is 12.6 Å². The van der Waals surface area contributed by atoms with Crippen LogP contribution < -0.4 is 5.32 Å². The van der Waals surface area contributed by atoms with Gasteiger partial charge in [0.1, 0.15) is 0 Å². The average molecular weight is 243 g/mol. The van der Waals surface area contributed by atoms with Crippen LogP contribution in [0, 0.1) is 0 Å². The minimum atomic E-state index is -2.29. The Morgan fingerprint density at radius 3 is 2.59 bits per heavy atom. The summed E-state index contributed by atoms with van der Waals surface area (Å²) in [7, 11) is 0. The number of rotatable bonds is 8. The molecule has 1 aromatic carbocycles. The van der Waals surface area contributed by atoms with Crippen molar-refractivity contribution in [2.45, 2.75) is 32.4 Å². The first-order chi connectivity index (χ1) is 8.18. The summed E-state index contributed by atoms with van der Waals surface area (Å²) >= 11 is 0. The van der Waals surface area contributed by atoms with Gasteiger partial charge in [0.15, 0.2) is 0 Å². The fourth-order valence-electron chi connectivity index (χ4n) is 1.42. The van der Waals surface area contributed by atoms with E-state index in [4.69, 9.17) is 4.74 Å². The number of hydrogen-bond acceptors (Lipinski definition) is 2. The molecule has 0 saturated heterocycles. The molecule has 17 heavy (non-hydrogen) atoms. The highest BCUT2D eigenvalue weighted by Crippen LogP contribution is 2.02. The maximum atomic E-state index is 11.9. The molecule has 0 bridgehead atoms. The van der Waals surface area contributed by atoms with Gasteiger partial charge in [0.05, 0.1) is 13.2 Å². The molecule has 2 nitrogen and oxygen atoms in total. The van der Waals surface area contributed by atoms with E-state index in [2.05, 4.69) is 5.32 Å². The highest BCUT2D eigenvalue weighted by atomic mass is 19.3. The summed E-state index contributed by atoms with van der Waals surface area (Å²) in [5.74, 6) is 0. The number of halogens is 2. The minimum Gasteiger partial charge on any atom is -0.377 e. The molecule has 1 N–H and O–H groups in total. The third-order valence-electron chi connectivity index (χ3n) is 2.43. The van der Waals surface area contributed by atoms with Crippen molar-refractivity contribution in [3.05, 3.63) is 35.9 Å². The van der Waals surface area contributed by atoms with Gasteiger partial charge in [0.2, 0.25) is 0 Å². The molecule has 1 aromatic rings. The van der Waals surface area contributed by atoms with Gasteiger partial charge in [-0.15, -0.1) is 0 Å². The van der Waals surface area contributed by atoms with Crippen LogP contribution in [0.15, 0.2) is 30.3 Å². The lowest BCUT2D eigenvalue weighted by Gasteiger charge is -2.13. The number of hydrogen-bond donors (Lipinski definition) is 1. The first-order valence-corrected chi connectivity index (χ1v) is 5.81. The molecular weight excluding hydrogens is 224 g/mol. The van der Waals surface area contributed by atoms with E-state index < -0.39 is 6.43 Å². The first-order valence-electron chi connectivity index (χ1n) is 5.81. The summed E-state index contributed by atoms with van der Waals surface area (Å²) in [6, 6.07) is 9.94. The van der Waals surface area contributed by atoms with Gasteiger partial charge < -0.3 is 10.1 Å². The SMILES string of the molecule is CC(CCOCc1ccccc1)NCC(F)F. The molecule has 0 aliphatic carbocycles. The maximum Gasteiger partial charge on any atom is 0.250 e. The fourth-order valence-corrected chi connectivity index (χ4v) is 1.42. The van der Waals surface area contributed by atoms with Crippen LogP contribution >= 0.6 is 0 Å². The topological polar surface area (TPSA) is 21.3 Å². The third kappa shape index (κ3) is 7.02. The zero-order valence-electron chi connectivity index (χ0n) is 10.0. The number of alkyl halides is 2. The van der Waals surface area contributed by atoms with Gasteiger partial charge >= 0.3 is 0 Å². The quantitative estimate of drug-likeness (QED) is 0.709. The summed E-state index contributed by atoms with van der Waals surface area (Å²) in [4.78, 5) is 0. The fraction of sp³-hybridized carbons (Fsp3) is 0.538. The largest absolute Gasteiger partial charge is 0.377 e. The normalized spacial score (nSPS) is 12.9. The van der Waals surface area contributed by atoms with Crippen LogP contribution in [-0.2, 0) is 11.3 Å². The highest BCUT2D eigenvalue weighted by molar-refractivity contribution is 5.13. The maximum absolute atomic E-state index is 11.9.